The molecule has 0 amide bonds. The third-order valence-electron chi connectivity index (χ3n) is 2.13. The highest BCUT2D eigenvalue weighted by Gasteiger charge is 2.04. The van der Waals surface area contributed by atoms with Gasteiger partial charge in [0.15, 0.2) is 0 Å². The molecule has 0 radical (unpaired) electrons. The molecule has 0 spiro atoms. The topological polar surface area (TPSA) is 53.1 Å². The Morgan fingerprint density at radius 1 is 1.23 bits per heavy atom. The van der Waals surface area contributed by atoms with Gasteiger partial charge in [0.05, 0.1) is 5.39 Å². The second-order valence-corrected chi connectivity index (χ2v) is 3.00. The second kappa shape index (κ2) is 2.62. The monoisotopic (exact) mass is 175 g/mol. The number of pyridine rings is 1. The Hall–Kier alpha value is -1.77. The van der Waals surface area contributed by atoms with Crippen LogP contribution in [0, 0.1) is 6.92 Å². The van der Waals surface area contributed by atoms with Crippen LogP contribution in [0.2, 0.25) is 0 Å². The molecule has 0 aliphatic rings. The van der Waals surface area contributed by atoms with Gasteiger partial charge in [-0.1, -0.05) is 6.07 Å². The molecule has 1 heterocycles. The molecule has 3 heteroatoms. The molecule has 0 saturated carbocycles. The Balaban J connectivity index is 3.03. The minimum Gasteiger partial charge on any atom is -0.507 e. The van der Waals surface area contributed by atoms with Crippen molar-refractivity contribution in [2.75, 3.05) is 0 Å². The van der Waals surface area contributed by atoms with Crippen LogP contribution in [0.1, 0.15) is 5.56 Å². The van der Waals surface area contributed by atoms with Crippen LogP contribution in [-0.2, 0) is 0 Å². The summed E-state index contributed by atoms with van der Waals surface area (Å²) in [5.74, 6) is 0.184. The Labute approximate surface area is 74.7 Å². The van der Waals surface area contributed by atoms with Gasteiger partial charge in [-0.15, -0.1) is 0 Å². The molecule has 66 valence electrons. The Morgan fingerprint density at radius 3 is 2.77 bits per heavy atom. The summed E-state index contributed by atoms with van der Waals surface area (Å²) in [6.45, 7) is 1.80. The lowest BCUT2D eigenvalue weighted by molar-refractivity contribution is 0.477. The molecule has 0 unspecified atom stereocenters. The highest BCUT2D eigenvalue weighted by atomic mass is 16.3. The zero-order chi connectivity index (χ0) is 9.42. The van der Waals surface area contributed by atoms with Gasteiger partial charge in [-0.25, -0.2) is 0 Å². The first-order valence-corrected chi connectivity index (χ1v) is 4.00. The third-order valence-corrected chi connectivity index (χ3v) is 2.13. The summed E-state index contributed by atoms with van der Waals surface area (Å²) in [5.41, 5.74) is 0.603. The van der Waals surface area contributed by atoms with E-state index in [0.29, 0.717) is 10.8 Å². The number of hydrogen-bond donors (Lipinski definition) is 2. The standard InChI is InChI=1S/C10H9NO2/c1-6-2-3-8-7(9(6)12)4-5-11-10(8)13/h2-5,12H,1H3,(H,11,13). The van der Waals surface area contributed by atoms with E-state index in [4.69, 9.17) is 0 Å². The SMILES string of the molecule is Cc1ccc2c(=O)[nH]ccc2c1O. The van der Waals surface area contributed by atoms with Gasteiger partial charge >= 0.3 is 0 Å². The smallest absolute Gasteiger partial charge is 0.255 e. The van der Waals surface area contributed by atoms with Crippen LogP contribution in [0.15, 0.2) is 29.2 Å². The Kier molecular flexibility index (Phi) is 1.59. The molecule has 1 aromatic heterocycles. The molecule has 0 fully saturated rings. The molecule has 13 heavy (non-hydrogen) atoms. The van der Waals surface area contributed by atoms with Crippen molar-refractivity contribution < 1.29 is 5.11 Å². The number of benzene rings is 1. The quantitative estimate of drug-likeness (QED) is 0.638. The normalized spacial score (nSPS) is 10.5. The first-order chi connectivity index (χ1) is 6.20. The molecule has 2 aromatic rings. The van der Waals surface area contributed by atoms with Crippen LogP contribution in [-0.4, -0.2) is 10.1 Å². The van der Waals surface area contributed by atoms with Crippen LogP contribution in [0.3, 0.4) is 0 Å². The van der Waals surface area contributed by atoms with E-state index in [2.05, 4.69) is 4.98 Å². The van der Waals surface area contributed by atoms with Crippen molar-refractivity contribution in [2.24, 2.45) is 0 Å². The van der Waals surface area contributed by atoms with E-state index in [0.717, 1.165) is 5.56 Å². The summed E-state index contributed by atoms with van der Waals surface area (Å²) in [6.07, 6.45) is 1.53. The number of aromatic amines is 1. The van der Waals surface area contributed by atoms with Crippen LogP contribution >= 0.6 is 0 Å². The molecule has 0 aliphatic carbocycles. The first kappa shape index (κ1) is 7.86. The van der Waals surface area contributed by atoms with Gasteiger partial charge in [0.2, 0.25) is 0 Å². The van der Waals surface area contributed by atoms with E-state index in [1.165, 1.54) is 6.20 Å². The maximum atomic E-state index is 11.3. The highest BCUT2D eigenvalue weighted by Crippen LogP contribution is 2.25. The lowest BCUT2D eigenvalue weighted by atomic mass is 10.1. The highest BCUT2D eigenvalue weighted by molar-refractivity contribution is 5.88. The number of nitrogens with one attached hydrogen (secondary N) is 1. The summed E-state index contributed by atoms with van der Waals surface area (Å²) in [7, 11) is 0. The van der Waals surface area contributed by atoms with E-state index in [9.17, 15) is 9.90 Å². The van der Waals surface area contributed by atoms with Crippen molar-refractivity contribution in [3.05, 3.63) is 40.3 Å². The van der Waals surface area contributed by atoms with Gasteiger partial charge in [-0.3, -0.25) is 4.79 Å². The zero-order valence-corrected chi connectivity index (χ0v) is 7.16. The summed E-state index contributed by atoms with van der Waals surface area (Å²) >= 11 is 0. The van der Waals surface area contributed by atoms with Crippen molar-refractivity contribution in [1.82, 2.24) is 4.98 Å². The van der Waals surface area contributed by atoms with Crippen molar-refractivity contribution >= 4 is 10.8 Å². The number of phenols is 1. The molecule has 2 N–H and O–H groups in total. The van der Waals surface area contributed by atoms with Crippen LogP contribution in [0.4, 0.5) is 0 Å². The minimum atomic E-state index is -0.173. The molecule has 2 rings (SSSR count). The number of phenolic OH excluding ortho intramolecular Hbond substituents is 1. The molecule has 0 atom stereocenters. The Morgan fingerprint density at radius 2 is 2.00 bits per heavy atom. The average molecular weight is 175 g/mol. The van der Waals surface area contributed by atoms with E-state index in [1.807, 2.05) is 0 Å². The fourth-order valence-electron chi connectivity index (χ4n) is 1.36. The summed E-state index contributed by atoms with van der Waals surface area (Å²) in [4.78, 5) is 13.8. The molecule has 0 aliphatic heterocycles. The Bertz CT molecular complexity index is 514. The molecule has 0 bridgehead atoms. The third kappa shape index (κ3) is 1.09. The van der Waals surface area contributed by atoms with Gasteiger partial charge in [0.25, 0.3) is 5.56 Å². The predicted octanol–water partition coefficient (Wildman–Crippen LogP) is 1.54. The lowest BCUT2D eigenvalue weighted by Gasteiger charge is -2.02. The van der Waals surface area contributed by atoms with Gasteiger partial charge in [-0.2, -0.15) is 0 Å². The molecule has 1 aromatic carbocycles. The average Bonchev–Trinajstić information content (AvgIpc) is 2.12. The number of aryl methyl sites for hydroxylation is 1. The van der Waals surface area contributed by atoms with Crippen molar-refractivity contribution in [2.45, 2.75) is 6.92 Å². The summed E-state index contributed by atoms with van der Waals surface area (Å²) in [5, 5.41) is 10.7. The summed E-state index contributed by atoms with van der Waals surface area (Å²) in [6, 6.07) is 5.13. The van der Waals surface area contributed by atoms with Crippen LogP contribution < -0.4 is 5.56 Å². The van der Waals surface area contributed by atoms with Gasteiger partial charge in [0, 0.05) is 11.6 Å². The maximum Gasteiger partial charge on any atom is 0.255 e. The number of hydrogen-bond acceptors (Lipinski definition) is 2. The van der Waals surface area contributed by atoms with E-state index in [1.54, 1.807) is 25.1 Å². The number of aromatic nitrogens is 1. The lowest BCUT2D eigenvalue weighted by Crippen LogP contribution is -2.04. The zero-order valence-electron chi connectivity index (χ0n) is 7.16. The molecule has 0 saturated heterocycles. The van der Waals surface area contributed by atoms with Crippen molar-refractivity contribution in [1.29, 1.82) is 0 Å². The molecular weight excluding hydrogens is 166 g/mol. The van der Waals surface area contributed by atoms with E-state index >= 15 is 0 Å². The largest absolute Gasteiger partial charge is 0.507 e. The fourth-order valence-corrected chi connectivity index (χ4v) is 1.36. The molecule has 3 nitrogen and oxygen atoms in total. The number of H-pyrrole nitrogens is 1. The van der Waals surface area contributed by atoms with Gasteiger partial charge < -0.3 is 10.1 Å². The molecular formula is C10H9NO2. The van der Waals surface area contributed by atoms with E-state index in [-0.39, 0.29) is 11.3 Å². The maximum absolute atomic E-state index is 11.3. The van der Waals surface area contributed by atoms with Gasteiger partial charge in [-0.05, 0) is 24.6 Å². The van der Waals surface area contributed by atoms with Crippen LogP contribution in [0.5, 0.6) is 5.75 Å². The number of aromatic hydroxyl groups is 1. The number of rotatable bonds is 0. The van der Waals surface area contributed by atoms with Crippen LogP contribution in [0.25, 0.3) is 10.8 Å². The summed E-state index contributed by atoms with van der Waals surface area (Å²) < 4.78 is 0. The number of fused-ring (bicyclic) bond motifs is 1. The first-order valence-electron chi connectivity index (χ1n) is 4.00. The van der Waals surface area contributed by atoms with Crippen molar-refractivity contribution in [3.63, 3.8) is 0 Å². The fraction of sp³-hybridized carbons (Fsp3) is 0.100. The predicted molar refractivity (Wildman–Crippen MR) is 51.0 cm³/mol. The van der Waals surface area contributed by atoms with E-state index < -0.39 is 0 Å². The van der Waals surface area contributed by atoms with Gasteiger partial charge in [0.1, 0.15) is 5.75 Å². The minimum absolute atomic E-state index is 0.173. The van der Waals surface area contributed by atoms with Crippen molar-refractivity contribution in [3.8, 4) is 5.75 Å². The second-order valence-electron chi connectivity index (χ2n) is 3.00.